The van der Waals surface area contributed by atoms with Crippen molar-refractivity contribution in [1.29, 1.82) is 0 Å². The molecule has 1 unspecified atom stereocenters. The minimum absolute atomic E-state index is 0.0379. The molecule has 0 aromatic heterocycles. The van der Waals surface area contributed by atoms with Gasteiger partial charge in [0.2, 0.25) is 0 Å². The molecule has 0 saturated heterocycles. The lowest BCUT2D eigenvalue weighted by Crippen LogP contribution is -2.48. The first kappa shape index (κ1) is 25.4. The van der Waals surface area contributed by atoms with Gasteiger partial charge in [-0.1, -0.05) is 36.4 Å². The van der Waals surface area contributed by atoms with Crippen LogP contribution in [0.15, 0.2) is 72.8 Å². The third kappa shape index (κ3) is 6.52. The van der Waals surface area contributed by atoms with Crippen molar-refractivity contribution in [3.63, 3.8) is 0 Å². The standard InChI is InChI=1S/C28H25NO8/c1-28(2,3)37-27(33)29-20-14-19-15-22(35-24(30)17-10-6-4-7-11-17)23(16-21(19)34-26(20)32)36-25(31)18-12-8-5-9-13-18/h4-13,15-16,20H,14H2,1-3H3,(H,29,33). The number of nitrogens with one attached hydrogen (secondary N) is 1. The molecule has 0 spiro atoms. The van der Waals surface area contributed by atoms with Crippen LogP contribution in [0.3, 0.4) is 0 Å². The molecule has 3 aromatic carbocycles. The van der Waals surface area contributed by atoms with E-state index in [1.165, 1.54) is 12.1 Å². The molecule has 37 heavy (non-hydrogen) atoms. The Morgan fingerprint density at radius 3 is 1.86 bits per heavy atom. The van der Waals surface area contributed by atoms with Gasteiger partial charge in [0, 0.05) is 18.1 Å². The third-order valence-electron chi connectivity index (χ3n) is 5.16. The second-order valence-electron chi connectivity index (χ2n) is 9.24. The molecule has 9 heteroatoms. The Balaban J connectivity index is 1.63. The molecule has 190 valence electrons. The normalized spacial score (nSPS) is 14.6. The second kappa shape index (κ2) is 10.5. The first-order valence-corrected chi connectivity index (χ1v) is 11.5. The fourth-order valence-corrected chi connectivity index (χ4v) is 3.51. The van der Waals surface area contributed by atoms with E-state index < -0.39 is 35.6 Å². The van der Waals surface area contributed by atoms with Gasteiger partial charge >= 0.3 is 24.0 Å². The average Bonchev–Trinajstić information content (AvgIpc) is 2.85. The van der Waals surface area contributed by atoms with Crippen molar-refractivity contribution in [3.8, 4) is 17.2 Å². The first-order valence-electron chi connectivity index (χ1n) is 11.5. The number of rotatable bonds is 5. The lowest BCUT2D eigenvalue weighted by molar-refractivity contribution is -0.137. The topological polar surface area (TPSA) is 117 Å². The minimum Gasteiger partial charge on any atom is -0.444 e. The van der Waals surface area contributed by atoms with Gasteiger partial charge in [-0.2, -0.15) is 0 Å². The number of carbonyl (C=O) groups excluding carboxylic acids is 4. The third-order valence-corrected chi connectivity index (χ3v) is 5.16. The zero-order valence-corrected chi connectivity index (χ0v) is 20.5. The van der Waals surface area contributed by atoms with Crippen LogP contribution in [0.2, 0.25) is 0 Å². The van der Waals surface area contributed by atoms with Crippen LogP contribution in [0.1, 0.15) is 47.1 Å². The summed E-state index contributed by atoms with van der Waals surface area (Å²) in [4.78, 5) is 50.2. The molecule has 0 fully saturated rings. The SMILES string of the molecule is CC(C)(C)OC(=O)NC1Cc2cc(OC(=O)c3ccccc3)c(OC(=O)c3ccccc3)cc2OC1=O. The Kier molecular flexibility index (Phi) is 7.24. The number of carbonyl (C=O) groups is 4. The van der Waals surface area contributed by atoms with Crippen molar-refractivity contribution in [2.75, 3.05) is 0 Å². The number of fused-ring (bicyclic) bond motifs is 1. The van der Waals surface area contributed by atoms with Crippen LogP contribution >= 0.6 is 0 Å². The second-order valence-corrected chi connectivity index (χ2v) is 9.24. The molecule has 9 nitrogen and oxygen atoms in total. The minimum atomic E-state index is -1.03. The molecule has 4 rings (SSSR count). The van der Waals surface area contributed by atoms with E-state index in [0.29, 0.717) is 5.56 Å². The number of alkyl carbamates (subject to hydrolysis) is 1. The predicted octanol–water partition coefficient (Wildman–Crippen LogP) is 4.48. The maximum absolute atomic E-state index is 12.8. The maximum Gasteiger partial charge on any atom is 0.408 e. The number of esters is 3. The van der Waals surface area contributed by atoms with Crippen molar-refractivity contribution in [2.45, 2.75) is 38.8 Å². The smallest absolute Gasteiger partial charge is 0.408 e. The van der Waals surface area contributed by atoms with Crippen molar-refractivity contribution >= 4 is 24.0 Å². The van der Waals surface area contributed by atoms with Crippen molar-refractivity contribution in [2.24, 2.45) is 0 Å². The molecular formula is C28H25NO8. The quantitative estimate of drug-likeness (QED) is 0.400. The molecule has 1 heterocycles. The molecule has 0 bridgehead atoms. The molecule has 0 aliphatic carbocycles. The highest BCUT2D eigenvalue weighted by molar-refractivity contribution is 5.93. The van der Waals surface area contributed by atoms with Gasteiger partial charge in [0.05, 0.1) is 11.1 Å². The van der Waals surface area contributed by atoms with Crippen molar-refractivity contribution < 1.29 is 38.1 Å². The lowest BCUT2D eigenvalue weighted by atomic mass is 10.0. The molecule has 1 atom stereocenters. The van der Waals surface area contributed by atoms with E-state index in [1.54, 1.807) is 81.4 Å². The summed E-state index contributed by atoms with van der Waals surface area (Å²) in [6.45, 7) is 5.10. The Labute approximate surface area is 213 Å². The predicted molar refractivity (Wildman–Crippen MR) is 132 cm³/mol. The fraction of sp³-hybridized carbons (Fsp3) is 0.214. The summed E-state index contributed by atoms with van der Waals surface area (Å²) >= 11 is 0. The van der Waals surface area contributed by atoms with Gasteiger partial charge in [-0.25, -0.2) is 19.2 Å². The van der Waals surface area contributed by atoms with Gasteiger partial charge in [0.15, 0.2) is 11.5 Å². The summed E-state index contributed by atoms with van der Waals surface area (Å²) < 4.78 is 21.7. The lowest BCUT2D eigenvalue weighted by Gasteiger charge is -2.27. The Morgan fingerprint density at radius 2 is 1.35 bits per heavy atom. The van der Waals surface area contributed by atoms with Gasteiger partial charge in [-0.3, -0.25) is 0 Å². The van der Waals surface area contributed by atoms with E-state index in [-0.39, 0.29) is 34.8 Å². The van der Waals surface area contributed by atoms with E-state index in [9.17, 15) is 19.2 Å². The van der Waals surface area contributed by atoms with Gasteiger partial charge in [0.25, 0.3) is 0 Å². The molecule has 1 N–H and O–H groups in total. The van der Waals surface area contributed by atoms with Gasteiger partial charge < -0.3 is 24.3 Å². The van der Waals surface area contributed by atoms with Gasteiger partial charge in [-0.15, -0.1) is 0 Å². The van der Waals surface area contributed by atoms with Gasteiger partial charge in [0.1, 0.15) is 17.4 Å². The molecule has 1 aliphatic rings. The molecule has 1 aliphatic heterocycles. The summed E-state index contributed by atoms with van der Waals surface area (Å²) in [5, 5.41) is 2.49. The number of benzene rings is 3. The van der Waals surface area contributed by atoms with Crippen LogP contribution < -0.4 is 19.5 Å². The molecule has 0 saturated carbocycles. The molecule has 3 aromatic rings. The van der Waals surface area contributed by atoms with Crippen LogP contribution in [0.5, 0.6) is 17.2 Å². The van der Waals surface area contributed by atoms with Crippen molar-refractivity contribution in [1.82, 2.24) is 5.32 Å². The highest BCUT2D eigenvalue weighted by Gasteiger charge is 2.33. The zero-order valence-electron chi connectivity index (χ0n) is 20.5. The molecule has 1 amide bonds. The van der Waals surface area contributed by atoms with Crippen LogP contribution in [0.25, 0.3) is 0 Å². The maximum atomic E-state index is 12.8. The van der Waals surface area contributed by atoms with Crippen LogP contribution in [-0.2, 0) is 16.0 Å². The number of ether oxygens (including phenoxy) is 4. The largest absolute Gasteiger partial charge is 0.444 e. The van der Waals surface area contributed by atoms with Crippen molar-refractivity contribution in [3.05, 3.63) is 89.5 Å². The summed E-state index contributed by atoms with van der Waals surface area (Å²) in [6, 6.07) is 18.3. The van der Waals surface area contributed by atoms with E-state index >= 15 is 0 Å². The summed E-state index contributed by atoms with van der Waals surface area (Å²) in [6.07, 6.45) is -0.738. The summed E-state index contributed by atoms with van der Waals surface area (Å²) in [5.41, 5.74) is 0.267. The van der Waals surface area contributed by atoms with E-state index in [0.717, 1.165) is 0 Å². The van der Waals surface area contributed by atoms with Crippen LogP contribution in [-0.4, -0.2) is 35.6 Å². The van der Waals surface area contributed by atoms with E-state index in [4.69, 9.17) is 18.9 Å². The Morgan fingerprint density at radius 1 is 0.838 bits per heavy atom. The fourth-order valence-electron chi connectivity index (χ4n) is 3.51. The highest BCUT2D eigenvalue weighted by atomic mass is 16.6. The number of hydrogen-bond donors (Lipinski definition) is 1. The zero-order chi connectivity index (χ0) is 26.6. The monoisotopic (exact) mass is 503 g/mol. The summed E-state index contributed by atoms with van der Waals surface area (Å²) in [5.74, 6) is -2.12. The van der Waals surface area contributed by atoms with Crippen LogP contribution in [0, 0.1) is 0 Å². The van der Waals surface area contributed by atoms with E-state index in [1.807, 2.05) is 0 Å². The Hall–Kier alpha value is -4.66. The number of amides is 1. The highest BCUT2D eigenvalue weighted by Crippen LogP contribution is 2.38. The van der Waals surface area contributed by atoms with Gasteiger partial charge in [-0.05, 0) is 51.1 Å². The average molecular weight is 504 g/mol. The molecule has 0 radical (unpaired) electrons. The first-order chi connectivity index (χ1) is 17.6. The molecular weight excluding hydrogens is 478 g/mol. The van der Waals surface area contributed by atoms with E-state index in [2.05, 4.69) is 5.32 Å². The number of hydrogen-bond acceptors (Lipinski definition) is 8. The Bertz CT molecular complexity index is 1330. The van der Waals surface area contributed by atoms with Crippen LogP contribution in [0.4, 0.5) is 4.79 Å². The summed E-state index contributed by atoms with van der Waals surface area (Å²) in [7, 11) is 0.